The second-order valence-corrected chi connectivity index (χ2v) is 3.51. The van der Waals surface area contributed by atoms with Crippen molar-refractivity contribution in [3.05, 3.63) is 12.2 Å². The molecule has 1 rings (SSSR count). The molecule has 0 aliphatic carbocycles. The molecular formula is C10H14N2O4. The maximum atomic E-state index is 11.4. The van der Waals surface area contributed by atoms with Crippen LogP contribution in [0.15, 0.2) is 12.2 Å². The summed E-state index contributed by atoms with van der Waals surface area (Å²) >= 11 is 0. The van der Waals surface area contributed by atoms with E-state index in [4.69, 9.17) is 5.11 Å². The molecule has 1 heterocycles. The van der Waals surface area contributed by atoms with Gasteiger partial charge in [-0.15, -0.1) is 0 Å². The van der Waals surface area contributed by atoms with Gasteiger partial charge in [0.15, 0.2) is 0 Å². The minimum atomic E-state index is -1.04. The summed E-state index contributed by atoms with van der Waals surface area (Å²) < 4.78 is 0. The molecule has 0 aromatic carbocycles. The van der Waals surface area contributed by atoms with Gasteiger partial charge in [-0.1, -0.05) is 13.0 Å². The van der Waals surface area contributed by atoms with Gasteiger partial charge in [-0.3, -0.25) is 19.8 Å². The molecule has 0 saturated carbocycles. The predicted molar refractivity (Wildman–Crippen MR) is 55.6 cm³/mol. The Morgan fingerprint density at radius 2 is 2.31 bits per heavy atom. The predicted octanol–water partition coefficient (Wildman–Crippen LogP) is -0.636. The fourth-order valence-corrected chi connectivity index (χ4v) is 1.65. The van der Waals surface area contributed by atoms with Gasteiger partial charge in [-0.25, -0.2) is 4.79 Å². The maximum Gasteiger partial charge on any atom is 0.328 e. The van der Waals surface area contributed by atoms with Crippen LogP contribution in [0, 0.1) is 0 Å². The highest BCUT2D eigenvalue weighted by atomic mass is 16.4. The third-order valence-corrected chi connectivity index (χ3v) is 2.34. The first-order valence-electron chi connectivity index (χ1n) is 5.01. The molecule has 1 saturated heterocycles. The van der Waals surface area contributed by atoms with Crippen molar-refractivity contribution in [2.75, 3.05) is 13.1 Å². The molecule has 88 valence electrons. The fourth-order valence-electron chi connectivity index (χ4n) is 1.65. The van der Waals surface area contributed by atoms with E-state index < -0.39 is 5.97 Å². The minimum absolute atomic E-state index is 0.119. The van der Waals surface area contributed by atoms with Gasteiger partial charge >= 0.3 is 5.97 Å². The SMILES string of the molecule is CCC1C(=O)NC(=O)CN1C/C=C/C(=O)O. The summed E-state index contributed by atoms with van der Waals surface area (Å²) in [6, 6.07) is -0.365. The van der Waals surface area contributed by atoms with E-state index in [1.54, 1.807) is 4.90 Å². The number of imide groups is 1. The highest BCUT2D eigenvalue weighted by molar-refractivity contribution is 6.01. The molecule has 1 atom stereocenters. The number of carboxylic acids is 1. The molecule has 2 amide bonds. The summed E-state index contributed by atoms with van der Waals surface area (Å²) in [7, 11) is 0. The van der Waals surface area contributed by atoms with Gasteiger partial charge in [-0.05, 0) is 6.42 Å². The largest absolute Gasteiger partial charge is 0.478 e. The van der Waals surface area contributed by atoms with Crippen LogP contribution < -0.4 is 5.32 Å². The molecule has 2 N–H and O–H groups in total. The lowest BCUT2D eigenvalue weighted by Gasteiger charge is -2.32. The molecule has 16 heavy (non-hydrogen) atoms. The zero-order valence-electron chi connectivity index (χ0n) is 8.97. The van der Waals surface area contributed by atoms with E-state index in [1.165, 1.54) is 6.08 Å². The third-order valence-electron chi connectivity index (χ3n) is 2.34. The molecule has 1 unspecified atom stereocenters. The summed E-state index contributed by atoms with van der Waals surface area (Å²) in [5.74, 6) is -1.71. The van der Waals surface area contributed by atoms with E-state index >= 15 is 0 Å². The summed E-state index contributed by atoms with van der Waals surface area (Å²) in [4.78, 5) is 34.5. The van der Waals surface area contributed by atoms with Crippen LogP contribution in [0.1, 0.15) is 13.3 Å². The van der Waals surface area contributed by atoms with Crippen molar-refractivity contribution in [2.24, 2.45) is 0 Å². The molecule has 6 nitrogen and oxygen atoms in total. The monoisotopic (exact) mass is 226 g/mol. The second kappa shape index (κ2) is 5.41. The number of carbonyl (C=O) groups is 3. The van der Waals surface area contributed by atoms with Crippen LogP contribution in [0.3, 0.4) is 0 Å². The van der Waals surface area contributed by atoms with E-state index in [0.717, 1.165) is 6.08 Å². The van der Waals surface area contributed by atoms with Crippen LogP contribution in [0.4, 0.5) is 0 Å². The summed E-state index contributed by atoms with van der Waals surface area (Å²) in [6.45, 7) is 2.24. The van der Waals surface area contributed by atoms with Crippen molar-refractivity contribution < 1.29 is 19.5 Å². The molecular weight excluding hydrogens is 212 g/mol. The van der Waals surface area contributed by atoms with E-state index in [9.17, 15) is 14.4 Å². The number of aliphatic carboxylic acids is 1. The Hall–Kier alpha value is -1.69. The van der Waals surface area contributed by atoms with Gasteiger partial charge in [0.2, 0.25) is 11.8 Å². The number of hydrogen-bond acceptors (Lipinski definition) is 4. The number of rotatable bonds is 4. The number of hydrogen-bond donors (Lipinski definition) is 2. The minimum Gasteiger partial charge on any atom is -0.478 e. The summed E-state index contributed by atoms with van der Waals surface area (Å²) in [5, 5.41) is 10.7. The van der Waals surface area contributed by atoms with Gasteiger partial charge in [0, 0.05) is 12.6 Å². The van der Waals surface area contributed by atoms with Gasteiger partial charge in [-0.2, -0.15) is 0 Å². The lowest BCUT2D eigenvalue weighted by molar-refractivity contribution is -0.139. The molecule has 1 aliphatic rings. The van der Waals surface area contributed by atoms with Gasteiger partial charge in [0.05, 0.1) is 12.6 Å². The van der Waals surface area contributed by atoms with Crippen LogP contribution in [-0.2, 0) is 14.4 Å². The Bertz CT molecular complexity index is 338. The molecule has 0 bridgehead atoms. The Morgan fingerprint density at radius 1 is 1.62 bits per heavy atom. The number of nitrogens with one attached hydrogen (secondary N) is 1. The molecule has 0 spiro atoms. The molecule has 0 radical (unpaired) electrons. The molecule has 1 fully saturated rings. The molecule has 0 aromatic rings. The first-order valence-corrected chi connectivity index (χ1v) is 5.01. The fraction of sp³-hybridized carbons (Fsp3) is 0.500. The van der Waals surface area contributed by atoms with Crippen LogP contribution >= 0.6 is 0 Å². The maximum absolute atomic E-state index is 11.4. The number of carboxylic acid groups (broad SMARTS) is 1. The lowest BCUT2D eigenvalue weighted by atomic mass is 10.1. The standard InChI is InChI=1S/C10H14N2O4/c1-2-7-10(16)11-8(13)6-12(7)5-3-4-9(14)15/h3-4,7H,2,5-6H2,1H3,(H,14,15)(H,11,13,16)/b4-3+. The number of piperazine rings is 1. The third kappa shape index (κ3) is 3.16. The van der Waals surface area contributed by atoms with Gasteiger partial charge in [0.1, 0.15) is 0 Å². The van der Waals surface area contributed by atoms with Crippen LogP contribution in [0.2, 0.25) is 0 Å². The first kappa shape index (κ1) is 12.4. The van der Waals surface area contributed by atoms with Crippen molar-refractivity contribution in [3.63, 3.8) is 0 Å². The van der Waals surface area contributed by atoms with Crippen LogP contribution in [-0.4, -0.2) is 46.9 Å². The lowest BCUT2D eigenvalue weighted by Crippen LogP contribution is -2.57. The molecule has 6 heteroatoms. The van der Waals surface area contributed by atoms with E-state index in [0.29, 0.717) is 6.42 Å². The van der Waals surface area contributed by atoms with Gasteiger partial charge in [0.25, 0.3) is 0 Å². The van der Waals surface area contributed by atoms with Crippen LogP contribution in [0.5, 0.6) is 0 Å². The van der Waals surface area contributed by atoms with Gasteiger partial charge < -0.3 is 5.11 Å². The Kier molecular flexibility index (Phi) is 4.19. The molecule has 1 aliphatic heterocycles. The number of carbonyl (C=O) groups excluding carboxylic acids is 2. The van der Waals surface area contributed by atoms with Crippen molar-refractivity contribution in [2.45, 2.75) is 19.4 Å². The summed E-state index contributed by atoms with van der Waals surface area (Å²) in [5.41, 5.74) is 0. The smallest absolute Gasteiger partial charge is 0.328 e. The van der Waals surface area contributed by atoms with Crippen molar-refractivity contribution >= 4 is 17.8 Å². The Balaban J connectivity index is 2.64. The Labute approximate surface area is 92.9 Å². The number of amides is 2. The molecule has 0 aromatic heterocycles. The summed E-state index contributed by atoms with van der Waals surface area (Å²) in [6.07, 6.45) is 3.01. The van der Waals surface area contributed by atoms with E-state index in [1.807, 2.05) is 6.92 Å². The average molecular weight is 226 g/mol. The Morgan fingerprint density at radius 3 is 2.88 bits per heavy atom. The highest BCUT2D eigenvalue weighted by Gasteiger charge is 2.31. The number of nitrogens with zero attached hydrogens (tertiary/aromatic N) is 1. The normalized spacial score (nSPS) is 22.4. The second-order valence-electron chi connectivity index (χ2n) is 3.51. The topological polar surface area (TPSA) is 86.7 Å². The van der Waals surface area contributed by atoms with Crippen LogP contribution in [0.25, 0.3) is 0 Å². The van der Waals surface area contributed by atoms with Crippen molar-refractivity contribution in [1.82, 2.24) is 10.2 Å². The van der Waals surface area contributed by atoms with E-state index in [2.05, 4.69) is 5.32 Å². The zero-order chi connectivity index (χ0) is 12.1. The first-order chi connectivity index (χ1) is 7.54. The van der Waals surface area contributed by atoms with Crippen molar-refractivity contribution in [1.29, 1.82) is 0 Å². The zero-order valence-corrected chi connectivity index (χ0v) is 8.97. The quantitative estimate of drug-likeness (QED) is 0.492. The van der Waals surface area contributed by atoms with Crippen molar-refractivity contribution in [3.8, 4) is 0 Å². The van der Waals surface area contributed by atoms with E-state index in [-0.39, 0.29) is 30.9 Å². The average Bonchev–Trinajstić information content (AvgIpc) is 2.16. The highest BCUT2D eigenvalue weighted by Crippen LogP contribution is 2.08.